The maximum Gasteiger partial charge on any atom is 0.0418 e. The van der Waals surface area contributed by atoms with Crippen LogP contribution in [-0.4, -0.2) is 14.1 Å². The number of benzene rings is 6. The topological polar surface area (TPSA) is 24.1 Å². The van der Waals surface area contributed by atoms with Gasteiger partial charge in [0.15, 0.2) is 0 Å². The molecule has 2 aliphatic rings. The van der Waals surface area contributed by atoms with Crippen molar-refractivity contribution in [3.8, 4) is 22.3 Å². The molecule has 2 N–H and O–H groups in total. The van der Waals surface area contributed by atoms with Crippen molar-refractivity contribution in [1.82, 2.24) is 0 Å². The highest BCUT2D eigenvalue weighted by molar-refractivity contribution is 5.87. The van der Waals surface area contributed by atoms with Crippen molar-refractivity contribution < 1.29 is 0 Å². The lowest BCUT2D eigenvalue weighted by atomic mass is 9.54. The van der Waals surface area contributed by atoms with E-state index in [0.29, 0.717) is 0 Å². The molecule has 8 rings (SSSR count). The summed E-state index contributed by atoms with van der Waals surface area (Å²) < 4.78 is 0. The fourth-order valence-corrected chi connectivity index (χ4v) is 8.52. The van der Waals surface area contributed by atoms with Gasteiger partial charge < -0.3 is 10.6 Å². The number of anilines is 2. The van der Waals surface area contributed by atoms with Crippen LogP contribution < -0.4 is 10.6 Å². The molecule has 0 saturated carbocycles. The van der Waals surface area contributed by atoms with Crippen LogP contribution in [0.15, 0.2) is 151 Å². The molecule has 0 fully saturated rings. The van der Waals surface area contributed by atoms with Crippen LogP contribution in [-0.2, 0) is 5.41 Å². The van der Waals surface area contributed by atoms with E-state index < -0.39 is 5.41 Å². The maximum absolute atomic E-state index is 3.45. The minimum Gasteiger partial charge on any atom is -0.388 e. The molecule has 0 bridgehead atoms. The fraction of sp³-hybridized carbons (Fsp3) is 0.136. The minimum absolute atomic E-state index is 0.0450. The van der Waals surface area contributed by atoms with Gasteiger partial charge in [-0.05, 0) is 86.8 Å². The van der Waals surface area contributed by atoms with Gasteiger partial charge in [0.2, 0.25) is 0 Å². The highest BCUT2D eigenvalue weighted by Gasteiger charge is 2.55. The fourth-order valence-electron chi connectivity index (χ4n) is 8.52. The Hall–Kier alpha value is -5.34. The first-order valence-corrected chi connectivity index (χ1v) is 16.3. The third kappa shape index (κ3) is 4.17. The van der Waals surface area contributed by atoms with Crippen molar-refractivity contribution in [3.63, 3.8) is 0 Å². The van der Waals surface area contributed by atoms with E-state index in [9.17, 15) is 0 Å². The second kappa shape index (κ2) is 11.2. The van der Waals surface area contributed by atoms with Gasteiger partial charge in [0.05, 0.1) is 0 Å². The van der Waals surface area contributed by atoms with Gasteiger partial charge >= 0.3 is 0 Å². The molecule has 224 valence electrons. The molecular weight excluding hydrogens is 556 g/mol. The van der Waals surface area contributed by atoms with Crippen LogP contribution in [0.3, 0.4) is 0 Å². The lowest BCUT2D eigenvalue weighted by Gasteiger charge is -2.47. The Morgan fingerprint density at radius 1 is 0.478 bits per heavy atom. The molecular formula is C44H38N2. The zero-order chi connectivity index (χ0) is 31.3. The van der Waals surface area contributed by atoms with Gasteiger partial charge in [0, 0.05) is 42.7 Å². The van der Waals surface area contributed by atoms with E-state index in [0.717, 1.165) is 11.4 Å². The van der Waals surface area contributed by atoms with Gasteiger partial charge in [-0.3, -0.25) is 0 Å². The van der Waals surface area contributed by atoms with E-state index in [-0.39, 0.29) is 11.8 Å². The number of fused-ring (bicyclic) bond motifs is 4. The SMILES string of the molecule is CNc1ccc2c(c1)C(C(c1ccccc1)(c1ccccc1)C1C(C)=Cc3c(-c4ccccc4)cccc31)c1cc(NC)ccc1-2. The number of hydrogen-bond acceptors (Lipinski definition) is 2. The Morgan fingerprint density at radius 3 is 1.52 bits per heavy atom. The van der Waals surface area contributed by atoms with E-state index in [1.165, 1.54) is 61.2 Å². The second-order valence-electron chi connectivity index (χ2n) is 12.6. The predicted molar refractivity (Wildman–Crippen MR) is 195 cm³/mol. The highest BCUT2D eigenvalue weighted by atomic mass is 14.8. The summed E-state index contributed by atoms with van der Waals surface area (Å²) >= 11 is 0. The van der Waals surface area contributed by atoms with Crippen molar-refractivity contribution >= 4 is 17.5 Å². The predicted octanol–water partition coefficient (Wildman–Crippen LogP) is 10.7. The van der Waals surface area contributed by atoms with Crippen LogP contribution in [0.5, 0.6) is 0 Å². The summed E-state index contributed by atoms with van der Waals surface area (Å²) in [5.74, 6) is 0.139. The molecule has 2 heteroatoms. The third-order valence-corrected chi connectivity index (χ3v) is 10.4. The van der Waals surface area contributed by atoms with Gasteiger partial charge in [-0.25, -0.2) is 0 Å². The zero-order valence-corrected chi connectivity index (χ0v) is 26.6. The first kappa shape index (κ1) is 28.2. The van der Waals surface area contributed by atoms with Crippen LogP contribution in [0, 0.1) is 0 Å². The molecule has 2 aliphatic carbocycles. The summed E-state index contributed by atoms with van der Waals surface area (Å²) in [5, 5.41) is 6.91. The molecule has 0 spiro atoms. The van der Waals surface area contributed by atoms with Crippen LogP contribution >= 0.6 is 0 Å². The molecule has 1 unspecified atom stereocenters. The summed E-state index contributed by atoms with van der Waals surface area (Å²) in [6.07, 6.45) is 2.47. The smallest absolute Gasteiger partial charge is 0.0418 e. The summed E-state index contributed by atoms with van der Waals surface area (Å²) in [5.41, 5.74) is 16.5. The summed E-state index contributed by atoms with van der Waals surface area (Å²) in [4.78, 5) is 0. The van der Waals surface area contributed by atoms with E-state index in [1.807, 2.05) is 14.1 Å². The standard InChI is InChI=1S/C44H38N2/c1-29-26-39-35(30-14-7-4-8-15-30)20-13-21-38(39)42(29)44(31-16-9-5-10-17-31,32-18-11-6-12-19-32)43-40-27-33(45-2)22-24-36(40)37-25-23-34(46-3)28-41(37)43/h4-28,42-43,45-46H,1-3H3. The van der Waals surface area contributed by atoms with E-state index in [2.05, 4.69) is 169 Å². The quantitative estimate of drug-likeness (QED) is 0.192. The lowest BCUT2D eigenvalue weighted by molar-refractivity contribution is 0.405. The Labute approximate surface area is 272 Å². The molecule has 6 aromatic carbocycles. The Balaban J connectivity index is 1.51. The summed E-state index contributed by atoms with van der Waals surface area (Å²) in [6.45, 7) is 2.35. The van der Waals surface area contributed by atoms with Gasteiger partial charge in [-0.15, -0.1) is 0 Å². The average Bonchev–Trinajstić information content (AvgIpc) is 3.64. The molecule has 46 heavy (non-hydrogen) atoms. The van der Waals surface area contributed by atoms with Crippen LogP contribution in [0.2, 0.25) is 0 Å². The van der Waals surface area contributed by atoms with Crippen molar-refractivity contribution in [1.29, 1.82) is 0 Å². The molecule has 0 radical (unpaired) electrons. The molecule has 0 saturated heterocycles. The Morgan fingerprint density at radius 2 is 1.00 bits per heavy atom. The average molecular weight is 595 g/mol. The second-order valence-corrected chi connectivity index (χ2v) is 12.6. The normalized spacial score (nSPS) is 15.1. The summed E-state index contributed by atoms with van der Waals surface area (Å²) in [7, 11) is 4.04. The number of nitrogens with one attached hydrogen (secondary N) is 2. The van der Waals surface area contributed by atoms with Gasteiger partial charge in [-0.2, -0.15) is 0 Å². The van der Waals surface area contributed by atoms with Crippen LogP contribution in [0.4, 0.5) is 11.4 Å². The van der Waals surface area contributed by atoms with Crippen molar-refractivity contribution in [3.05, 3.63) is 185 Å². The van der Waals surface area contributed by atoms with Gasteiger partial charge in [0.1, 0.15) is 0 Å². The first-order valence-electron chi connectivity index (χ1n) is 16.3. The highest BCUT2D eigenvalue weighted by Crippen LogP contribution is 2.65. The van der Waals surface area contributed by atoms with Crippen LogP contribution in [0.25, 0.3) is 28.3 Å². The monoisotopic (exact) mass is 594 g/mol. The minimum atomic E-state index is -0.456. The molecule has 1 atom stereocenters. The van der Waals surface area contributed by atoms with Gasteiger partial charge in [0.25, 0.3) is 0 Å². The maximum atomic E-state index is 3.45. The van der Waals surface area contributed by atoms with Crippen molar-refractivity contribution in [2.24, 2.45) is 0 Å². The van der Waals surface area contributed by atoms with E-state index in [1.54, 1.807) is 0 Å². The van der Waals surface area contributed by atoms with E-state index in [4.69, 9.17) is 0 Å². The molecule has 0 amide bonds. The van der Waals surface area contributed by atoms with Gasteiger partial charge in [-0.1, -0.05) is 133 Å². The molecule has 0 aliphatic heterocycles. The summed E-state index contributed by atoms with van der Waals surface area (Å²) in [6, 6.07) is 54.2. The lowest BCUT2D eigenvalue weighted by Crippen LogP contribution is -2.41. The molecule has 2 nitrogen and oxygen atoms in total. The number of allylic oxidation sites excluding steroid dienone is 1. The zero-order valence-electron chi connectivity index (χ0n) is 26.6. The number of hydrogen-bond donors (Lipinski definition) is 2. The van der Waals surface area contributed by atoms with Crippen molar-refractivity contribution in [2.75, 3.05) is 24.7 Å². The first-order chi connectivity index (χ1) is 22.6. The molecule has 6 aromatic rings. The van der Waals surface area contributed by atoms with E-state index >= 15 is 0 Å². The number of rotatable bonds is 7. The Bertz CT molecular complexity index is 1980. The van der Waals surface area contributed by atoms with Crippen LogP contribution in [0.1, 0.15) is 52.1 Å². The largest absolute Gasteiger partial charge is 0.388 e. The Kier molecular flexibility index (Phi) is 6.87. The molecule has 0 heterocycles. The molecule has 0 aromatic heterocycles. The third-order valence-electron chi connectivity index (χ3n) is 10.4. The van der Waals surface area contributed by atoms with Crippen molar-refractivity contribution in [2.45, 2.75) is 24.2 Å².